The normalized spacial score (nSPS) is 11.6. The van der Waals surface area contributed by atoms with E-state index in [0.717, 1.165) is 23.7 Å². The highest BCUT2D eigenvalue weighted by molar-refractivity contribution is 7.95. The van der Waals surface area contributed by atoms with Crippen molar-refractivity contribution in [1.82, 2.24) is 15.0 Å². The van der Waals surface area contributed by atoms with Gasteiger partial charge < -0.3 is 14.2 Å². The first-order valence-corrected chi connectivity index (χ1v) is 13.2. The van der Waals surface area contributed by atoms with Crippen LogP contribution in [0.2, 0.25) is 0 Å². The van der Waals surface area contributed by atoms with Crippen LogP contribution in [0.25, 0.3) is 17.5 Å². The smallest absolute Gasteiger partial charge is 0.433 e. The quantitative estimate of drug-likeness (QED) is 0.234. The summed E-state index contributed by atoms with van der Waals surface area (Å²) in [5, 5.41) is 0.915. The number of anilines is 1. The van der Waals surface area contributed by atoms with Crippen molar-refractivity contribution in [2.24, 2.45) is 0 Å². The lowest BCUT2D eigenvalue weighted by molar-refractivity contribution is -0.141. The minimum absolute atomic E-state index is 0.0349. The van der Waals surface area contributed by atoms with Gasteiger partial charge in [-0.25, -0.2) is 13.4 Å². The molecular formula is C28H21F3N4O5S. The van der Waals surface area contributed by atoms with Gasteiger partial charge in [-0.15, -0.1) is 6.42 Å². The van der Waals surface area contributed by atoms with E-state index in [1.54, 1.807) is 54.6 Å². The Balaban J connectivity index is 1.84. The Morgan fingerprint density at radius 3 is 2.34 bits per heavy atom. The number of hydrogen-bond acceptors (Lipinski definition) is 8. The molecule has 0 aliphatic carbocycles. The van der Waals surface area contributed by atoms with Crippen molar-refractivity contribution in [1.29, 1.82) is 0 Å². The predicted molar refractivity (Wildman–Crippen MR) is 146 cm³/mol. The molecule has 1 N–H and O–H groups in total. The number of methoxy groups -OCH3 is 1. The van der Waals surface area contributed by atoms with Gasteiger partial charge >= 0.3 is 6.18 Å². The summed E-state index contributed by atoms with van der Waals surface area (Å²) in [6.07, 6.45) is 2.94. The maximum Gasteiger partial charge on any atom is 0.433 e. The standard InChI is InChI=1S/C28H21F3N4O5S/c1-3-16-39-27-24(40-22-12-8-7-11-21(22)38-2)26(35-41(36,37)17-15-19-9-5-4-6-10-19)33-25(34-27)20-13-14-23(32-18-20)28(29,30)31/h1,4-15,17-18H,16H2,2H3,(H,33,34,35)/b17-15+. The van der Waals surface area contributed by atoms with E-state index in [2.05, 4.69) is 25.6 Å². The molecule has 210 valence electrons. The molecule has 13 heteroatoms. The maximum atomic E-state index is 13.1. The zero-order chi connectivity index (χ0) is 29.5. The number of para-hydroxylation sites is 2. The number of halogens is 3. The second kappa shape index (κ2) is 12.4. The summed E-state index contributed by atoms with van der Waals surface area (Å²) in [6.45, 7) is -0.301. The molecule has 0 saturated carbocycles. The first-order chi connectivity index (χ1) is 19.6. The third-order valence-corrected chi connectivity index (χ3v) is 6.17. The molecule has 2 aromatic heterocycles. The number of alkyl halides is 3. The van der Waals surface area contributed by atoms with E-state index in [1.165, 1.54) is 13.2 Å². The summed E-state index contributed by atoms with van der Waals surface area (Å²) in [7, 11) is -2.81. The van der Waals surface area contributed by atoms with Gasteiger partial charge in [-0.05, 0) is 35.9 Å². The molecule has 0 radical (unpaired) electrons. The zero-order valence-electron chi connectivity index (χ0n) is 21.3. The van der Waals surface area contributed by atoms with E-state index in [0.29, 0.717) is 11.3 Å². The van der Waals surface area contributed by atoms with Crippen LogP contribution < -0.4 is 18.9 Å². The minimum Gasteiger partial charge on any atom is -0.493 e. The lowest BCUT2D eigenvalue weighted by Gasteiger charge is -2.17. The van der Waals surface area contributed by atoms with E-state index in [4.69, 9.17) is 20.6 Å². The van der Waals surface area contributed by atoms with Crippen LogP contribution in [0.15, 0.2) is 78.3 Å². The summed E-state index contributed by atoms with van der Waals surface area (Å²) in [5.41, 5.74) is -0.485. The van der Waals surface area contributed by atoms with Crippen LogP contribution in [-0.4, -0.2) is 37.1 Å². The van der Waals surface area contributed by atoms with Gasteiger partial charge in [0.1, 0.15) is 5.69 Å². The summed E-state index contributed by atoms with van der Waals surface area (Å²) in [4.78, 5) is 11.9. The molecule has 2 heterocycles. The first-order valence-electron chi connectivity index (χ1n) is 11.7. The average Bonchev–Trinajstić information content (AvgIpc) is 2.96. The number of benzene rings is 2. The summed E-state index contributed by atoms with van der Waals surface area (Å²) in [6, 6.07) is 17.0. The SMILES string of the molecule is C#CCOc1nc(-c2ccc(C(F)(F)F)nc2)nc(NS(=O)(=O)/C=C/c2ccccc2)c1Oc1ccccc1OC. The Morgan fingerprint density at radius 1 is 1.00 bits per heavy atom. The number of aromatic nitrogens is 3. The molecule has 41 heavy (non-hydrogen) atoms. The molecule has 0 unspecified atom stereocenters. The van der Waals surface area contributed by atoms with Crippen LogP contribution in [0, 0.1) is 12.3 Å². The van der Waals surface area contributed by atoms with E-state index in [-0.39, 0.29) is 41.2 Å². The molecule has 0 spiro atoms. The molecule has 4 aromatic rings. The Bertz CT molecular complexity index is 1690. The fourth-order valence-corrected chi connectivity index (χ4v) is 4.15. The second-order valence-corrected chi connectivity index (χ2v) is 9.63. The van der Waals surface area contributed by atoms with E-state index < -0.39 is 21.9 Å². The van der Waals surface area contributed by atoms with Crippen molar-refractivity contribution in [2.45, 2.75) is 6.18 Å². The number of nitrogens with one attached hydrogen (secondary N) is 1. The molecule has 0 aliphatic rings. The molecule has 4 rings (SSSR count). The number of pyridine rings is 1. The average molecular weight is 583 g/mol. The number of nitrogens with zero attached hydrogens (tertiary/aromatic N) is 3. The third kappa shape index (κ3) is 7.52. The van der Waals surface area contributed by atoms with Crippen LogP contribution in [0.4, 0.5) is 19.0 Å². The first kappa shape index (κ1) is 28.9. The van der Waals surface area contributed by atoms with Gasteiger partial charge in [0.25, 0.3) is 15.9 Å². The molecule has 0 saturated heterocycles. The van der Waals surface area contributed by atoms with Gasteiger partial charge in [0, 0.05) is 11.8 Å². The molecule has 0 amide bonds. The highest BCUT2D eigenvalue weighted by atomic mass is 32.2. The number of rotatable bonds is 10. The van der Waals surface area contributed by atoms with Gasteiger partial charge in [-0.2, -0.15) is 18.2 Å². The van der Waals surface area contributed by atoms with Crippen LogP contribution >= 0.6 is 0 Å². The number of sulfonamides is 1. The molecule has 0 bridgehead atoms. The number of ether oxygens (including phenoxy) is 3. The van der Waals surface area contributed by atoms with Gasteiger partial charge in [0.15, 0.2) is 29.7 Å². The van der Waals surface area contributed by atoms with Crippen molar-refractivity contribution in [2.75, 3.05) is 18.4 Å². The fourth-order valence-electron chi connectivity index (χ4n) is 3.34. The van der Waals surface area contributed by atoms with Gasteiger partial charge in [0.05, 0.1) is 12.5 Å². The van der Waals surface area contributed by atoms with E-state index in [9.17, 15) is 21.6 Å². The maximum absolute atomic E-state index is 13.1. The Labute approximate surface area is 233 Å². The van der Waals surface area contributed by atoms with Crippen molar-refractivity contribution in [3.8, 4) is 46.9 Å². The predicted octanol–water partition coefficient (Wildman–Crippen LogP) is 5.78. The fraction of sp³-hybridized carbons (Fsp3) is 0.107. The van der Waals surface area contributed by atoms with Gasteiger partial charge in [-0.1, -0.05) is 48.4 Å². The second-order valence-electron chi connectivity index (χ2n) is 8.07. The molecule has 0 aliphatic heterocycles. The van der Waals surface area contributed by atoms with Crippen LogP contribution in [0.1, 0.15) is 11.3 Å². The van der Waals surface area contributed by atoms with Crippen molar-refractivity contribution in [3.63, 3.8) is 0 Å². The Kier molecular flexibility index (Phi) is 8.74. The monoisotopic (exact) mass is 582 g/mol. The lowest BCUT2D eigenvalue weighted by atomic mass is 10.2. The molecule has 0 atom stereocenters. The molecule has 9 nitrogen and oxygen atoms in total. The Hall–Kier alpha value is -5.09. The van der Waals surface area contributed by atoms with Crippen molar-refractivity contribution < 1.29 is 35.8 Å². The van der Waals surface area contributed by atoms with Gasteiger partial charge in [0.2, 0.25) is 5.75 Å². The van der Waals surface area contributed by atoms with Gasteiger partial charge in [-0.3, -0.25) is 9.71 Å². The highest BCUT2D eigenvalue weighted by Crippen LogP contribution is 2.41. The van der Waals surface area contributed by atoms with Crippen molar-refractivity contribution >= 4 is 21.9 Å². The number of hydrogen-bond donors (Lipinski definition) is 1. The highest BCUT2D eigenvalue weighted by Gasteiger charge is 2.32. The number of terminal acetylenes is 1. The summed E-state index contributed by atoms with van der Waals surface area (Å²) in [5.74, 6) is 1.57. The topological polar surface area (TPSA) is 113 Å². The van der Waals surface area contributed by atoms with Crippen LogP contribution in [-0.2, 0) is 16.2 Å². The van der Waals surface area contributed by atoms with Crippen LogP contribution in [0.5, 0.6) is 23.1 Å². The summed E-state index contributed by atoms with van der Waals surface area (Å²) >= 11 is 0. The third-order valence-electron chi connectivity index (χ3n) is 5.20. The molecule has 2 aromatic carbocycles. The van der Waals surface area contributed by atoms with Crippen LogP contribution in [0.3, 0.4) is 0 Å². The van der Waals surface area contributed by atoms with E-state index >= 15 is 0 Å². The molecular weight excluding hydrogens is 561 g/mol. The Morgan fingerprint density at radius 2 is 1.71 bits per heavy atom. The largest absolute Gasteiger partial charge is 0.493 e. The molecule has 0 fully saturated rings. The summed E-state index contributed by atoms with van der Waals surface area (Å²) < 4.78 is 84.4. The van der Waals surface area contributed by atoms with Crippen molar-refractivity contribution in [3.05, 3.63) is 89.6 Å². The lowest BCUT2D eigenvalue weighted by Crippen LogP contribution is -2.14. The zero-order valence-corrected chi connectivity index (χ0v) is 22.1. The minimum atomic E-state index is -4.67. The van der Waals surface area contributed by atoms with E-state index in [1.807, 2.05) is 0 Å².